The fourth-order valence-electron chi connectivity index (χ4n) is 4.19. The maximum Gasteiger partial charge on any atom is 0.259 e. The number of carbonyl (C=O) groups excluding carboxylic acids is 1. The predicted octanol–water partition coefficient (Wildman–Crippen LogP) is 3.13. The van der Waals surface area contributed by atoms with Crippen LogP contribution < -0.4 is 10.6 Å². The summed E-state index contributed by atoms with van der Waals surface area (Å²) in [5, 5.41) is 5.05. The Labute approximate surface area is 170 Å². The Morgan fingerprint density at radius 2 is 1.93 bits per heavy atom. The van der Waals surface area contributed by atoms with Crippen LogP contribution in [0, 0.1) is 20.8 Å². The molecule has 1 aromatic carbocycles. The number of pyridine rings is 1. The first kappa shape index (κ1) is 19.4. The molecule has 1 saturated heterocycles. The summed E-state index contributed by atoms with van der Waals surface area (Å²) in [6, 6.07) is 6.14. The zero-order valence-corrected chi connectivity index (χ0v) is 17.4. The maximum absolute atomic E-state index is 13.0. The third-order valence-corrected chi connectivity index (χ3v) is 5.72. The normalized spacial score (nSPS) is 15.8. The van der Waals surface area contributed by atoms with Gasteiger partial charge < -0.3 is 20.1 Å². The molecule has 29 heavy (non-hydrogen) atoms. The smallest absolute Gasteiger partial charge is 0.259 e. The van der Waals surface area contributed by atoms with E-state index in [0.717, 1.165) is 35.2 Å². The van der Waals surface area contributed by atoms with E-state index < -0.39 is 0 Å². The van der Waals surface area contributed by atoms with Crippen LogP contribution in [0.5, 0.6) is 0 Å². The van der Waals surface area contributed by atoms with Crippen LogP contribution in [0.15, 0.2) is 28.9 Å². The predicted molar refractivity (Wildman–Crippen MR) is 113 cm³/mol. The Kier molecular flexibility index (Phi) is 5.00. The molecule has 152 valence electrons. The molecule has 1 amide bonds. The average molecular weight is 393 g/mol. The number of piperazine rings is 1. The summed E-state index contributed by atoms with van der Waals surface area (Å²) in [5.74, 6) is 0.558. The Balaban J connectivity index is 1.64. The van der Waals surface area contributed by atoms with Crippen molar-refractivity contribution >= 4 is 22.5 Å². The molecular formula is C22H27N5O2. The topological polar surface area (TPSA) is 88.5 Å². The highest BCUT2D eigenvalue weighted by Gasteiger charge is 2.29. The molecular weight excluding hydrogens is 366 g/mol. The van der Waals surface area contributed by atoms with Gasteiger partial charge in [0.25, 0.3) is 5.91 Å². The van der Waals surface area contributed by atoms with E-state index in [1.54, 1.807) is 13.8 Å². The van der Waals surface area contributed by atoms with Crippen molar-refractivity contribution in [3.8, 4) is 0 Å². The standard InChI is InChI=1S/C22H27N5O2/c1-13-12-18(14(2)23)21(20-17(13)6-5-7-24-20)26-8-10-27(11-9-26)22(28)19-15(3)25-29-16(19)4/h5-7,12,14H,8-11,23H2,1-4H3. The Morgan fingerprint density at radius 3 is 2.55 bits per heavy atom. The van der Waals surface area contributed by atoms with Crippen molar-refractivity contribution in [1.82, 2.24) is 15.0 Å². The van der Waals surface area contributed by atoms with Gasteiger partial charge in [0.05, 0.1) is 16.9 Å². The summed E-state index contributed by atoms with van der Waals surface area (Å²) in [6.45, 7) is 10.4. The molecule has 1 fully saturated rings. The van der Waals surface area contributed by atoms with Crippen molar-refractivity contribution in [2.75, 3.05) is 31.1 Å². The summed E-state index contributed by atoms with van der Waals surface area (Å²) in [7, 11) is 0. The zero-order valence-electron chi connectivity index (χ0n) is 17.4. The van der Waals surface area contributed by atoms with Gasteiger partial charge in [-0.15, -0.1) is 0 Å². The molecule has 0 radical (unpaired) electrons. The first-order valence-corrected chi connectivity index (χ1v) is 9.99. The highest BCUT2D eigenvalue weighted by molar-refractivity contribution is 5.97. The van der Waals surface area contributed by atoms with Crippen molar-refractivity contribution in [3.63, 3.8) is 0 Å². The Morgan fingerprint density at radius 1 is 1.21 bits per heavy atom. The molecule has 7 nitrogen and oxygen atoms in total. The first-order chi connectivity index (χ1) is 13.9. The van der Waals surface area contributed by atoms with E-state index in [0.29, 0.717) is 30.1 Å². The summed E-state index contributed by atoms with van der Waals surface area (Å²) in [6.07, 6.45) is 1.83. The van der Waals surface area contributed by atoms with Crippen LogP contribution in [0.25, 0.3) is 10.9 Å². The molecule has 2 aromatic heterocycles. The molecule has 2 N–H and O–H groups in total. The minimum absolute atomic E-state index is 0.0137. The number of nitrogens with two attached hydrogens (primary N) is 1. The van der Waals surface area contributed by atoms with Crippen molar-refractivity contribution < 1.29 is 9.32 Å². The summed E-state index contributed by atoms with van der Waals surface area (Å²) < 4.78 is 5.17. The molecule has 0 aliphatic carbocycles. The lowest BCUT2D eigenvalue weighted by atomic mass is 9.97. The number of nitrogens with zero attached hydrogens (tertiary/aromatic N) is 4. The van der Waals surface area contributed by atoms with Crippen molar-refractivity contribution in [2.45, 2.75) is 33.7 Å². The van der Waals surface area contributed by atoms with Gasteiger partial charge in [0.2, 0.25) is 0 Å². The Hall–Kier alpha value is -2.93. The lowest BCUT2D eigenvalue weighted by Crippen LogP contribution is -2.49. The van der Waals surface area contributed by atoms with Gasteiger partial charge in [-0.2, -0.15) is 0 Å². The Bertz CT molecular complexity index is 1040. The number of amides is 1. The van der Waals surface area contributed by atoms with E-state index in [9.17, 15) is 4.79 Å². The molecule has 1 atom stereocenters. The molecule has 0 saturated carbocycles. The van der Waals surface area contributed by atoms with Crippen LogP contribution in [0.2, 0.25) is 0 Å². The number of carbonyl (C=O) groups is 1. The second-order valence-electron chi connectivity index (χ2n) is 7.80. The number of hydrogen-bond donors (Lipinski definition) is 1. The lowest BCUT2D eigenvalue weighted by Gasteiger charge is -2.38. The van der Waals surface area contributed by atoms with Gasteiger partial charge in [-0.1, -0.05) is 17.3 Å². The fourth-order valence-corrected chi connectivity index (χ4v) is 4.19. The molecule has 1 unspecified atom stereocenters. The first-order valence-electron chi connectivity index (χ1n) is 9.99. The quantitative estimate of drug-likeness (QED) is 0.735. The second-order valence-corrected chi connectivity index (χ2v) is 7.80. The number of aryl methyl sites for hydroxylation is 3. The molecule has 1 aliphatic rings. The van der Waals surface area contributed by atoms with Gasteiger partial charge in [-0.3, -0.25) is 9.78 Å². The van der Waals surface area contributed by atoms with Crippen molar-refractivity contribution in [3.05, 3.63) is 52.5 Å². The average Bonchev–Trinajstić information content (AvgIpc) is 3.05. The van der Waals surface area contributed by atoms with E-state index in [2.05, 4.69) is 34.1 Å². The van der Waals surface area contributed by atoms with Gasteiger partial charge in [0.15, 0.2) is 0 Å². The van der Waals surface area contributed by atoms with E-state index >= 15 is 0 Å². The van der Waals surface area contributed by atoms with Crippen LogP contribution in [0.1, 0.15) is 45.9 Å². The fraction of sp³-hybridized carbons (Fsp3) is 0.409. The molecule has 0 bridgehead atoms. The van der Waals surface area contributed by atoms with Crippen molar-refractivity contribution in [2.24, 2.45) is 5.73 Å². The largest absolute Gasteiger partial charge is 0.366 e. The number of benzene rings is 1. The minimum Gasteiger partial charge on any atom is -0.366 e. The molecule has 3 aromatic rings. The number of aromatic nitrogens is 2. The van der Waals surface area contributed by atoms with E-state index in [-0.39, 0.29) is 11.9 Å². The molecule has 1 aliphatic heterocycles. The van der Waals surface area contributed by atoms with E-state index in [1.807, 2.05) is 24.1 Å². The number of anilines is 1. The van der Waals surface area contributed by atoms with Crippen LogP contribution in [-0.2, 0) is 0 Å². The number of hydrogen-bond acceptors (Lipinski definition) is 6. The molecule has 7 heteroatoms. The highest BCUT2D eigenvalue weighted by atomic mass is 16.5. The van der Waals surface area contributed by atoms with Gasteiger partial charge in [-0.25, -0.2) is 0 Å². The van der Waals surface area contributed by atoms with E-state index in [4.69, 9.17) is 10.3 Å². The monoisotopic (exact) mass is 393 g/mol. The molecule has 0 spiro atoms. The van der Waals surface area contributed by atoms with Crippen LogP contribution in [0.3, 0.4) is 0 Å². The third kappa shape index (κ3) is 3.35. The van der Waals surface area contributed by atoms with Gasteiger partial charge >= 0.3 is 0 Å². The third-order valence-electron chi connectivity index (χ3n) is 5.72. The number of fused-ring (bicyclic) bond motifs is 1. The molecule has 3 heterocycles. The lowest BCUT2D eigenvalue weighted by molar-refractivity contribution is 0.0744. The van der Waals surface area contributed by atoms with Crippen LogP contribution in [-0.4, -0.2) is 47.1 Å². The van der Waals surface area contributed by atoms with Crippen molar-refractivity contribution in [1.29, 1.82) is 0 Å². The number of rotatable bonds is 3. The highest BCUT2D eigenvalue weighted by Crippen LogP contribution is 2.35. The SMILES string of the molecule is Cc1noc(C)c1C(=O)N1CCN(c2c(C(C)N)cc(C)c3cccnc23)CC1. The minimum atomic E-state index is -0.0999. The van der Waals surface area contributed by atoms with Gasteiger partial charge in [-0.05, 0) is 44.9 Å². The van der Waals surface area contributed by atoms with Crippen LogP contribution >= 0.6 is 0 Å². The van der Waals surface area contributed by atoms with Crippen LogP contribution in [0.4, 0.5) is 5.69 Å². The van der Waals surface area contributed by atoms with Gasteiger partial charge in [0, 0.05) is 43.8 Å². The summed E-state index contributed by atoms with van der Waals surface area (Å²) >= 11 is 0. The van der Waals surface area contributed by atoms with E-state index in [1.165, 1.54) is 5.56 Å². The van der Waals surface area contributed by atoms with Gasteiger partial charge in [0.1, 0.15) is 11.3 Å². The molecule has 4 rings (SSSR count). The second kappa shape index (κ2) is 7.48. The zero-order chi connectivity index (χ0) is 20.7. The summed E-state index contributed by atoms with van der Waals surface area (Å²) in [5.41, 5.74) is 11.9. The maximum atomic E-state index is 13.0. The summed E-state index contributed by atoms with van der Waals surface area (Å²) in [4.78, 5) is 21.8.